The number of fused-ring (bicyclic) bond motifs is 1. The van der Waals surface area contributed by atoms with E-state index in [1.807, 2.05) is 50.6 Å². The van der Waals surface area contributed by atoms with Crippen molar-refractivity contribution in [1.29, 1.82) is 5.26 Å². The smallest absolute Gasteiger partial charge is 0.224 e. The Bertz CT molecular complexity index is 1250. The van der Waals surface area contributed by atoms with Gasteiger partial charge in [-0.3, -0.25) is 9.79 Å². The van der Waals surface area contributed by atoms with E-state index >= 15 is 0 Å². The fraction of sp³-hybridized carbons (Fsp3) is 0.414. The molecule has 8 nitrogen and oxygen atoms in total. The number of aliphatic imine (C=N–C) groups is 1. The molecule has 4 rings (SSSR count). The van der Waals surface area contributed by atoms with Crippen LogP contribution in [0.4, 0.5) is 17.1 Å². The van der Waals surface area contributed by atoms with Crippen molar-refractivity contribution >= 4 is 40.8 Å². The molecule has 0 bridgehead atoms. The minimum absolute atomic E-state index is 0.0191. The number of nitrogens with zero attached hydrogens (tertiary/aromatic N) is 3. The largest absolute Gasteiger partial charge is 0.491 e. The first-order valence-electron chi connectivity index (χ1n) is 12.9. The quantitative estimate of drug-likeness (QED) is 0.347. The topological polar surface area (TPSA) is 102 Å². The van der Waals surface area contributed by atoms with Crippen molar-refractivity contribution in [3.63, 3.8) is 0 Å². The molecular formula is C29H35ClN6O2. The van der Waals surface area contributed by atoms with Crippen LogP contribution in [-0.4, -0.2) is 56.9 Å². The lowest BCUT2D eigenvalue weighted by Crippen LogP contribution is -2.31. The number of nitrogens with one attached hydrogen (secondary N) is 3. The van der Waals surface area contributed by atoms with Gasteiger partial charge in [-0.2, -0.15) is 5.26 Å². The van der Waals surface area contributed by atoms with E-state index in [0.717, 1.165) is 30.6 Å². The Balaban J connectivity index is 1.46. The number of carbonyl (C=O) groups is 1. The number of nitriles is 1. The maximum Gasteiger partial charge on any atom is 0.224 e. The van der Waals surface area contributed by atoms with Gasteiger partial charge >= 0.3 is 0 Å². The van der Waals surface area contributed by atoms with Crippen LogP contribution in [0.2, 0.25) is 5.02 Å². The highest BCUT2D eigenvalue weighted by atomic mass is 35.5. The number of allylic oxidation sites excluding steroid dienone is 1. The second kappa shape index (κ2) is 12.8. The van der Waals surface area contributed by atoms with Gasteiger partial charge in [0.15, 0.2) is 0 Å². The monoisotopic (exact) mass is 534 g/mol. The molecule has 1 amide bonds. The lowest BCUT2D eigenvalue weighted by molar-refractivity contribution is -0.116. The molecule has 2 aliphatic heterocycles. The van der Waals surface area contributed by atoms with Crippen molar-refractivity contribution in [1.82, 2.24) is 4.90 Å². The minimum atomic E-state index is -0.334. The minimum Gasteiger partial charge on any atom is -0.491 e. The first-order chi connectivity index (χ1) is 18.3. The molecule has 200 valence electrons. The third-order valence-corrected chi connectivity index (χ3v) is 7.09. The number of amides is 1. The zero-order valence-electron chi connectivity index (χ0n) is 22.1. The summed E-state index contributed by atoms with van der Waals surface area (Å²) in [5.41, 5.74) is 4.44. The van der Waals surface area contributed by atoms with Gasteiger partial charge in [-0.1, -0.05) is 17.7 Å². The van der Waals surface area contributed by atoms with Crippen LogP contribution in [0.25, 0.3) is 0 Å². The van der Waals surface area contributed by atoms with Crippen LogP contribution < -0.4 is 20.7 Å². The van der Waals surface area contributed by atoms with E-state index < -0.39 is 0 Å². The molecule has 0 aliphatic carbocycles. The maximum absolute atomic E-state index is 12.5. The van der Waals surface area contributed by atoms with E-state index in [1.165, 1.54) is 5.57 Å². The number of halogens is 1. The molecular weight excluding hydrogens is 500 g/mol. The number of hydrogen-bond donors (Lipinski definition) is 3. The highest BCUT2D eigenvalue weighted by Gasteiger charge is 2.30. The van der Waals surface area contributed by atoms with Gasteiger partial charge in [0.2, 0.25) is 5.91 Å². The van der Waals surface area contributed by atoms with E-state index in [-0.39, 0.29) is 23.9 Å². The lowest BCUT2D eigenvalue weighted by atomic mass is 9.88. The van der Waals surface area contributed by atoms with Gasteiger partial charge in [0.05, 0.1) is 28.7 Å². The van der Waals surface area contributed by atoms with Gasteiger partial charge in [-0.25, -0.2) is 0 Å². The fourth-order valence-electron chi connectivity index (χ4n) is 4.59. The molecule has 2 aliphatic rings. The van der Waals surface area contributed by atoms with Crippen molar-refractivity contribution in [3.05, 3.63) is 58.6 Å². The van der Waals surface area contributed by atoms with Gasteiger partial charge in [0, 0.05) is 48.6 Å². The molecule has 3 unspecified atom stereocenters. The molecule has 0 saturated carbocycles. The van der Waals surface area contributed by atoms with Crippen LogP contribution in [-0.2, 0) is 4.79 Å². The maximum atomic E-state index is 12.5. The van der Waals surface area contributed by atoms with E-state index in [0.29, 0.717) is 41.7 Å². The van der Waals surface area contributed by atoms with Crippen molar-refractivity contribution in [2.45, 2.75) is 38.3 Å². The van der Waals surface area contributed by atoms with Crippen molar-refractivity contribution in [3.8, 4) is 11.8 Å². The number of carbonyl (C=O) groups excluding carboxylic acids is 1. The summed E-state index contributed by atoms with van der Waals surface area (Å²) in [5.74, 6) is 0.301. The van der Waals surface area contributed by atoms with Gasteiger partial charge in [0.25, 0.3) is 0 Å². The number of anilines is 3. The second-order valence-corrected chi connectivity index (χ2v) is 10.4. The van der Waals surface area contributed by atoms with Crippen LogP contribution in [0.15, 0.2) is 53.0 Å². The molecule has 38 heavy (non-hydrogen) atoms. The molecule has 0 saturated heterocycles. The summed E-state index contributed by atoms with van der Waals surface area (Å²) in [7, 11) is 3.98. The summed E-state index contributed by atoms with van der Waals surface area (Å²) in [6.45, 7) is 3.87. The third-order valence-electron chi connectivity index (χ3n) is 6.78. The van der Waals surface area contributed by atoms with E-state index in [4.69, 9.17) is 16.3 Å². The highest BCUT2D eigenvalue weighted by molar-refractivity contribution is 6.33. The Labute approximate surface area is 229 Å². The molecule has 9 heteroatoms. The Morgan fingerprint density at radius 3 is 2.87 bits per heavy atom. The zero-order chi connectivity index (χ0) is 27.1. The molecule has 0 aromatic heterocycles. The van der Waals surface area contributed by atoms with Crippen LogP contribution >= 0.6 is 11.6 Å². The number of hydrogen-bond acceptors (Lipinski definition) is 7. The summed E-state index contributed by atoms with van der Waals surface area (Å²) < 4.78 is 5.96. The average molecular weight is 535 g/mol. The summed E-state index contributed by atoms with van der Waals surface area (Å²) in [4.78, 5) is 19.0. The third kappa shape index (κ3) is 7.06. The Morgan fingerprint density at radius 1 is 1.29 bits per heavy atom. The number of dihydropyridines is 1. The lowest BCUT2D eigenvalue weighted by Gasteiger charge is -2.32. The molecule has 3 N–H and O–H groups in total. The molecule has 2 heterocycles. The van der Waals surface area contributed by atoms with Crippen LogP contribution in [0.5, 0.6) is 5.75 Å². The summed E-state index contributed by atoms with van der Waals surface area (Å²) in [5, 5.41) is 20.2. The molecule has 0 fully saturated rings. The van der Waals surface area contributed by atoms with Crippen molar-refractivity contribution in [2.24, 2.45) is 10.9 Å². The van der Waals surface area contributed by atoms with E-state index in [1.54, 1.807) is 6.07 Å². The molecule has 0 radical (unpaired) electrons. The van der Waals surface area contributed by atoms with Gasteiger partial charge in [-0.05, 0) is 69.9 Å². The normalized spacial score (nSPS) is 20.1. The number of ether oxygens (including phenoxy) is 1. The Hall–Kier alpha value is -3.54. The van der Waals surface area contributed by atoms with Crippen LogP contribution in [0.1, 0.15) is 37.8 Å². The first kappa shape index (κ1) is 27.5. The number of benzene rings is 2. The van der Waals surface area contributed by atoms with Crippen molar-refractivity contribution < 1.29 is 9.53 Å². The first-order valence-corrected chi connectivity index (χ1v) is 13.3. The van der Waals surface area contributed by atoms with Crippen LogP contribution in [0.3, 0.4) is 0 Å². The van der Waals surface area contributed by atoms with E-state index in [9.17, 15) is 10.1 Å². The second-order valence-electron chi connectivity index (χ2n) is 9.98. The predicted octanol–water partition coefficient (Wildman–Crippen LogP) is 5.51. The highest BCUT2D eigenvalue weighted by Crippen LogP contribution is 2.39. The number of rotatable bonds is 10. The molecule has 2 aromatic rings. The van der Waals surface area contributed by atoms with Crippen molar-refractivity contribution in [2.75, 3.05) is 49.7 Å². The van der Waals surface area contributed by atoms with Gasteiger partial charge in [-0.15, -0.1) is 0 Å². The zero-order valence-corrected chi connectivity index (χ0v) is 22.9. The van der Waals surface area contributed by atoms with Crippen LogP contribution in [0, 0.1) is 17.2 Å². The predicted molar refractivity (Wildman–Crippen MR) is 154 cm³/mol. The molecule has 2 aromatic carbocycles. The average Bonchev–Trinajstić information content (AvgIpc) is 2.89. The van der Waals surface area contributed by atoms with Gasteiger partial charge in [0.1, 0.15) is 18.4 Å². The Morgan fingerprint density at radius 2 is 2.13 bits per heavy atom. The summed E-state index contributed by atoms with van der Waals surface area (Å²) in [6.07, 6.45) is 6.16. The SMILES string of the molecule is CC1=CCC=NC1COc1ccc(NC2c3cc(NC(=O)CCCN(C)C)ccc3NCC2C#N)c(Cl)c1. The van der Waals surface area contributed by atoms with E-state index in [2.05, 4.69) is 44.9 Å². The summed E-state index contributed by atoms with van der Waals surface area (Å²) in [6, 6.07) is 13.4. The standard InChI is InChI=1S/C29H35ClN6O2/c1-19-6-4-12-32-27(19)18-38-22-9-11-26(24(30)15-22)35-29-20(16-31)17-33-25-10-8-21(14-23(25)29)34-28(37)7-5-13-36(2)3/h6,8-12,14-15,20,27,29,33,35H,4-5,7,13,17-18H2,1-3H3,(H,34,37). The summed E-state index contributed by atoms with van der Waals surface area (Å²) >= 11 is 6.65. The fourth-order valence-corrected chi connectivity index (χ4v) is 4.82. The Kier molecular flexibility index (Phi) is 9.27. The molecule has 0 spiro atoms. The van der Waals surface area contributed by atoms with Gasteiger partial charge < -0.3 is 25.6 Å². The molecule has 3 atom stereocenters.